The van der Waals surface area contributed by atoms with Crippen LogP contribution in [0.1, 0.15) is 24.6 Å². The zero-order chi connectivity index (χ0) is 14.7. The van der Waals surface area contributed by atoms with Gasteiger partial charge < -0.3 is 9.73 Å². The van der Waals surface area contributed by atoms with Crippen molar-refractivity contribution in [3.05, 3.63) is 38.9 Å². The van der Waals surface area contributed by atoms with Gasteiger partial charge in [0.2, 0.25) is 5.89 Å². The lowest BCUT2D eigenvalue weighted by Crippen LogP contribution is -2.24. The van der Waals surface area contributed by atoms with E-state index in [2.05, 4.69) is 37.2 Å². The zero-order valence-electron chi connectivity index (χ0n) is 11.1. The lowest BCUT2D eigenvalue weighted by Gasteiger charge is -2.13. The highest BCUT2D eigenvalue weighted by atomic mass is 79.9. The molecular weight excluding hydrogens is 324 g/mol. The van der Waals surface area contributed by atoms with Crippen molar-refractivity contribution in [1.29, 1.82) is 0 Å². The maximum atomic E-state index is 12.0. The molecule has 0 fully saturated rings. The van der Waals surface area contributed by atoms with E-state index in [0.29, 0.717) is 16.1 Å². The Morgan fingerprint density at radius 1 is 1.60 bits per heavy atom. The Morgan fingerprint density at radius 3 is 2.95 bits per heavy atom. The molecule has 0 aliphatic carbocycles. The first kappa shape index (κ1) is 14.3. The highest BCUT2D eigenvalue weighted by Crippen LogP contribution is 2.22. The minimum Gasteiger partial charge on any atom is -0.444 e. The number of nitrogens with zero attached hydrogens (tertiary/aromatic N) is 3. The van der Waals surface area contributed by atoms with Gasteiger partial charge in [-0.2, -0.15) is 5.10 Å². The molecule has 2 heterocycles. The van der Waals surface area contributed by atoms with E-state index in [1.807, 2.05) is 13.8 Å². The number of aromatic nitrogens is 3. The molecule has 0 bridgehead atoms. The fourth-order valence-electron chi connectivity index (χ4n) is 1.63. The molecule has 2 aromatic heterocycles. The van der Waals surface area contributed by atoms with E-state index < -0.39 is 0 Å². The molecule has 20 heavy (non-hydrogen) atoms. The van der Waals surface area contributed by atoms with Gasteiger partial charge in [0.25, 0.3) is 5.56 Å². The molecule has 0 aliphatic heterocycles. The minimum absolute atomic E-state index is 0.131. The van der Waals surface area contributed by atoms with Crippen LogP contribution in [0.3, 0.4) is 0 Å². The molecule has 1 unspecified atom stereocenters. The summed E-state index contributed by atoms with van der Waals surface area (Å²) in [6, 6.07) is -0.190. The number of rotatable bonds is 4. The normalized spacial score (nSPS) is 11.9. The maximum absolute atomic E-state index is 12.0. The van der Waals surface area contributed by atoms with Crippen LogP contribution in [0.4, 0.5) is 5.69 Å². The Morgan fingerprint density at radius 2 is 2.35 bits per heavy atom. The summed E-state index contributed by atoms with van der Waals surface area (Å²) in [6.07, 6.45) is 8.36. The number of terminal acetylenes is 1. The van der Waals surface area contributed by atoms with Crippen molar-refractivity contribution in [3.8, 4) is 12.3 Å². The van der Waals surface area contributed by atoms with Crippen molar-refractivity contribution in [2.75, 3.05) is 5.32 Å². The van der Waals surface area contributed by atoms with Gasteiger partial charge in [-0.05, 0) is 29.8 Å². The minimum atomic E-state index is -0.288. The molecule has 6 nitrogen and oxygen atoms in total. The van der Waals surface area contributed by atoms with Crippen molar-refractivity contribution >= 4 is 21.6 Å². The monoisotopic (exact) mass is 336 g/mol. The van der Waals surface area contributed by atoms with Gasteiger partial charge in [0.05, 0.1) is 18.1 Å². The van der Waals surface area contributed by atoms with Crippen LogP contribution in [0.15, 0.2) is 26.1 Å². The van der Waals surface area contributed by atoms with Crippen LogP contribution >= 0.6 is 15.9 Å². The first-order valence-corrected chi connectivity index (χ1v) is 6.70. The van der Waals surface area contributed by atoms with Crippen molar-refractivity contribution in [2.45, 2.75) is 26.4 Å². The van der Waals surface area contributed by atoms with E-state index in [0.717, 1.165) is 5.76 Å². The Bertz CT molecular complexity index is 714. The van der Waals surface area contributed by atoms with Crippen molar-refractivity contribution in [1.82, 2.24) is 14.8 Å². The molecule has 7 heteroatoms. The molecule has 0 aliphatic rings. The molecule has 104 valence electrons. The third-order valence-electron chi connectivity index (χ3n) is 2.61. The second-order valence-electron chi connectivity index (χ2n) is 4.21. The third-order valence-corrected chi connectivity index (χ3v) is 3.37. The number of nitrogens with one attached hydrogen (secondary N) is 1. The van der Waals surface area contributed by atoms with Gasteiger partial charge in [-0.1, -0.05) is 5.92 Å². The summed E-state index contributed by atoms with van der Waals surface area (Å²) in [4.78, 5) is 16.1. The van der Waals surface area contributed by atoms with E-state index in [1.165, 1.54) is 10.9 Å². The predicted octanol–water partition coefficient (Wildman–Crippen LogP) is 2.11. The van der Waals surface area contributed by atoms with Crippen molar-refractivity contribution in [2.24, 2.45) is 0 Å². The average molecular weight is 337 g/mol. The average Bonchev–Trinajstić information content (AvgIpc) is 2.85. The van der Waals surface area contributed by atoms with Crippen LogP contribution in [-0.2, 0) is 6.54 Å². The van der Waals surface area contributed by atoms with Gasteiger partial charge in [-0.25, -0.2) is 9.67 Å². The van der Waals surface area contributed by atoms with Gasteiger partial charge in [0.15, 0.2) is 0 Å². The molecule has 2 aromatic rings. The highest BCUT2D eigenvalue weighted by Gasteiger charge is 2.15. The lowest BCUT2D eigenvalue weighted by molar-refractivity contribution is 0.453. The molecule has 0 saturated carbocycles. The Balaban J connectivity index is 2.24. The van der Waals surface area contributed by atoms with E-state index in [1.54, 1.807) is 6.20 Å². The topological polar surface area (TPSA) is 73.0 Å². The molecule has 2 rings (SSSR count). The predicted molar refractivity (Wildman–Crippen MR) is 78.3 cm³/mol. The summed E-state index contributed by atoms with van der Waals surface area (Å²) in [5.41, 5.74) is 0.273. The molecule has 0 amide bonds. The molecule has 1 N–H and O–H groups in total. The number of oxazole rings is 1. The zero-order valence-corrected chi connectivity index (χ0v) is 12.6. The molecule has 0 radical (unpaired) electrons. The van der Waals surface area contributed by atoms with Crippen molar-refractivity contribution in [3.63, 3.8) is 0 Å². The fraction of sp³-hybridized carbons (Fsp3) is 0.308. The van der Waals surface area contributed by atoms with Crippen LogP contribution < -0.4 is 10.9 Å². The van der Waals surface area contributed by atoms with Gasteiger partial charge >= 0.3 is 0 Å². The van der Waals surface area contributed by atoms with E-state index in [-0.39, 0.29) is 18.1 Å². The summed E-state index contributed by atoms with van der Waals surface area (Å²) in [6.45, 7) is 3.83. The van der Waals surface area contributed by atoms with E-state index >= 15 is 0 Å². The third kappa shape index (κ3) is 2.91. The maximum Gasteiger partial charge on any atom is 0.284 e. The largest absolute Gasteiger partial charge is 0.444 e. The van der Waals surface area contributed by atoms with Gasteiger partial charge in [-0.3, -0.25) is 4.79 Å². The standard InChI is InChI=1S/C13H13BrN4O2/c1-4-5-18-13(19)11(14)10(7-16-18)17-9(3)12-15-6-8(2)20-12/h1,6-7,9,17H,5H2,2-3H3. The van der Waals surface area contributed by atoms with E-state index in [9.17, 15) is 4.79 Å². The van der Waals surface area contributed by atoms with Crippen molar-refractivity contribution < 1.29 is 4.42 Å². The second-order valence-corrected chi connectivity index (χ2v) is 5.01. The summed E-state index contributed by atoms with van der Waals surface area (Å²) >= 11 is 3.25. The molecule has 0 spiro atoms. The van der Waals surface area contributed by atoms with Crippen LogP contribution in [0, 0.1) is 19.3 Å². The molecule has 0 saturated heterocycles. The van der Waals surface area contributed by atoms with Crippen LogP contribution in [0.25, 0.3) is 0 Å². The van der Waals surface area contributed by atoms with Gasteiger partial charge in [0.1, 0.15) is 22.8 Å². The number of hydrogen-bond donors (Lipinski definition) is 1. The Hall–Kier alpha value is -2.07. The Labute approximate surface area is 124 Å². The summed E-state index contributed by atoms with van der Waals surface area (Å²) in [7, 11) is 0. The Kier molecular flexibility index (Phi) is 4.25. The lowest BCUT2D eigenvalue weighted by atomic mass is 10.3. The van der Waals surface area contributed by atoms with E-state index in [4.69, 9.17) is 10.8 Å². The summed E-state index contributed by atoms with van der Waals surface area (Å²) < 4.78 is 7.01. The molecule has 1 atom stereocenters. The second kappa shape index (κ2) is 5.92. The number of halogens is 1. The molecular formula is C13H13BrN4O2. The first-order chi connectivity index (χ1) is 9.52. The summed E-state index contributed by atoms with van der Waals surface area (Å²) in [5.74, 6) is 3.65. The van der Waals surface area contributed by atoms with Crippen LogP contribution in [-0.4, -0.2) is 14.8 Å². The highest BCUT2D eigenvalue weighted by molar-refractivity contribution is 9.10. The fourth-order valence-corrected chi connectivity index (χ4v) is 2.05. The quantitative estimate of drug-likeness (QED) is 0.865. The van der Waals surface area contributed by atoms with Crippen LogP contribution in [0.2, 0.25) is 0 Å². The SMILES string of the molecule is C#CCn1ncc(NC(C)c2ncc(C)o2)c(Br)c1=O. The number of aryl methyl sites for hydroxylation is 1. The van der Waals surface area contributed by atoms with Crippen LogP contribution in [0.5, 0.6) is 0 Å². The number of anilines is 1. The smallest absolute Gasteiger partial charge is 0.284 e. The first-order valence-electron chi connectivity index (χ1n) is 5.91. The van der Waals surface area contributed by atoms with Gasteiger partial charge in [0, 0.05) is 0 Å². The van der Waals surface area contributed by atoms with Gasteiger partial charge in [-0.15, -0.1) is 6.42 Å². The summed E-state index contributed by atoms with van der Waals surface area (Å²) in [5, 5.41) is 7.12. The number of hydrogen-bond acceptors (Lipinski definition) is 5. The molecule has 0 aromatic carbocycles.